The van der Waals surface area contributed by atoms with Crippen molar-refractivity contribution >= 4 is 5.91 Å². The molecule has 0 radical (unpaired) electrons. The van der Waals surface area contributed by atoms with Crippen LogP contribution in [0.15, 0.2) is 30.0 Å². The third-order valence-corrected chi connectivity index (χ3v) is 4.40. The van der Waals surface area contributed by atoms with Gasteiger partial charge in [-0.25, -0.2) is 0 Å². The van der Waals surface area contributed by atoms with Crippen molar-refractivity contribution in [2.24, 2.45) is 0 Å². The summed E-state index contributed by atoms with van der Waals surface area (Å²) < 4.78 is 5.39. The predicted molar refractivity (Wildman–Crippen MR) is 89.1 cm³/mol. The Morgan fingerprint density at radius 2 is 2.09 bits per heavy atom. The van der Waals surface area contributed by atoms with E-state index in [1.54, 1.807) is 7.11 Å². The smallest absolute Gasteiger partial charge is 0.231 e. The van der Waals surface area contributed by atoms with E-state index < -0.39 is 0 Å². The van der Waals surface area contributed by atoms with Crippen LogP contribution < -0.4 is 15.4 Å². The zero-order chi connectivity index (χ0) is 16.3. The summed E-state index contributed by atoms with van der Waals surface area (Å²) in [4.78, 5) is 12.7. The van der Waals surface area contributed by atoms with Gasteiger partial charge in [0.15, 0.2) is 0 Å². The van der Waals surface area contributed by atoms with Crippen molar-refractivity contribution in [2.45, 2.75) is 45.1 Å². The second-order valence-corrected chi connectivity index (χ2v) is 6.13. The van der Waals surface area contributed by atoms with Crippen molar-refractivity contribution in [3.05, 3.63) is 41.1 Å². The molecule has 120 valence electrons. The standard InChI is InChI=1S/C18H26N2O2/c1-12-6-7-15(11-16(12)22-5)18(8-9-18)17(21)20-14(3)10-13(2)19-4/h6-7,10-11,14,19H,8-9H2,1-5H3,(H,20,21)/b13-10+. The van der Waals surface area contributed by atoms with Crippen molar-refractivity contribution < 1.29 is 9.53 Å². The fourth-order valence-corrected chi connectivity index (χ4v) is 2.73. The largest absolute Gasteiger partial charge is 0.496 e. The van der Waals surface area contributed by atoms with Crippen LogP contribution in [0, 0.1) is 6.92 Å². The van der Waals surface area contributed by atoms with Gasteiger partial charge in [-0.15, -0.1) is 0 Å². The molecule has 1 aliphatic rings. The van der Waals surface area contributed by atoms with Crippen molar-refractivity contribution in [1.29, 1.82) is 0 Å². The summed E-state index contributed by atoms with van der Waals surface area (Å²) in [5, 5.41) is 6.17. The van der Waals surface area contributed by atoms with Crippen molar-refractivity contribution in [1.82, 2.24) is 10.6 Å². The number of hydrogen-bond donors (Lipinski definition) is 2. The molecule has 1 saturated carbocycles. The average Bonchev–Trinajstić information content (AvgIpc) is 3.29. The minimum Gasteiger partial charge on any atom is -0.496 e. The number of aryl methyl sites for hydroxylation is 1. The zero-order valence-corrected chi connectivity index (χ0v) is 14.1. The molecule has 0 spiro atoms. The van der Waals surface area contributed by atoms with Crippen LogP contribution in [-0.2, 0) is 10.2 Å². The van der Waals surface area contributed by atoms with Gasteiger partial charge in [-0.3, -0.25) is 4.79 Å². The summed E-state index contributed by atoms with van der Waals surface area (Å²) in [6.07, 6.45) is 3.81. The highest BCUT2D eigenvalue weighted by molar-refractivity contribution is 5.91. The Kier molecular flexibility index (Phi) is 4.79. The monoisotopic (exact) mass is 302 g/mol. The maximum Gasteiger partial charge on any atom is 0.231 e. The molecule has 1 atom stereocenters. The molecule has 0 aromatic heterocycles. The topological polar surface area (TPSA) is 50.4 Å². The number of rotatable bonds is 6. The van der Waals surface area contributed by atoms with Crippen LogP contribution in [0.1, 0.15) is 37.8 Å². The van der Waals surface area contributed by atoms with Gasteiger partial charge in [-0.05, 0) is 56.9 Å². The molecule has 1 aromatic carbocycles. The first-order chi connectivity index (χ1) is 10.4. The van der Waals surface area contributed by atoms with Gasteiger partial charge in [0.1, 0.15) is 5.75 Å². The molecule has 1 unspecified atom stereocenters. The minimum absolute atomic E-state index is 0.00442. The number of benzene rings is 1. The van der Waals surface area contributed by atoms with Gasteiger partial charge in [-0.1, -0.05) is 12.1 Å². The number of allylic oxidation sites excluding steroid dienone is 1. The molecule has 0 heterocycles. The predicted octanol–water partition coefficient (Wildman–Crippen LogP) is 2.66. The molecule has 1 amide bonds. The molecule has 2 N–H and O–H groups in total. The Balaban J connectivity index is 2.15. The van der Waals surface area contributed by atoms with Crippen LogP contribution >= 0.6 is 0 Å². The Morgan fingerprint density at radius 3 is 2.64 bits per heavy atom. The Bertz CT molecular complexity index is 589. The van der Waals surface area contributed by atoms with Crippen LogP contribution in [0.5, 0.6) is 5.75 Å². The molecular weight excluding hydrogens is 276 g/mol. The van der Waals surface area contributed by atoms with E-state index in [1.165, 1.54) is 0 Å². The lowest BCUT2D eigenvalue weighted by molar-refractivity contribution is -0.123. The summed E-state index contributed by atoms with van der Waals surface area (Å²) in [6.45, 7) is 5.99. The van der Waals surface area contributed by atoms with Gasteiger partial charge < -0.3 is 15.4 Å². The average molecular weight is 302 g/mol. The summed E-state index contributed by atoms with van der Waals surface area (Å²) in [5.74, 6) is 0.946. The third kappa shape index (κ3) is 3.26. The maximum atomic E-state index is 12.7. The highest BCUT2D eigenvalue weighted by atomic mass is 16.5. The molecule has 0 aliphatic heterocycles. The molecule has 1 aromatic rings. The van der Waals surface area contributed by atoms with Crippen molar-refractivity contribution in [3.8, 4) is 5.75 Å². The number of hydrogen-bond acceptors (Lipinski definition) is 3. The quantitative estimate of drug-likeness (QED) is 0.849. The van der Waals surface area contributed by atoms with Crippen LogP contribution in [0.3, 0.4) is 0 Å². The van der Waals surface area contributed by atoms with Crippen LogP contribution in [-0.4, -0.2) is 26.1 Å². The van der Waals surface area contributed by atoms with Gasteiger partial charge in [0.25, 0.3) is 0 Å². The first-order valence-corrected chi connectivity index (χ1v) is 7.75. The lowest BCUT2D eigenvalue weighted by Gasteiger charge is -2.20. The Morgan fingerprint density at radius 1 is 1.41 bits per heavy atom. The minimum atomic E-state index is -0.378. The Labute approximate surface area is 132 Å². The molecule has 0 bridgehead atoms. The van der Waals surface area contributed by atoms with E-state index >= 15 is 0 Å². The number of amides is 1. The summed E-state index contributed by atoms with van der Waals surface area (Å²) >= 11 is 0. The first kappa shape index (κ1) is 16.4. The normalized spacial score (nSPS) is 17.6. The van der Waals surface area contributed by atoms with Crippen molar-refractivity contribution in [3.63, 3.8) is 0 Å². The third-order valence-electron chi connectivity index (χ3n) is 4.40. The van der Waals surface area contributed by atoms with Crippen molar-refractivity contribution in [2.75, 3.05) is 14.2 Å². The first-order valence-electron chi connectivity index (χ1n) is 7.75. The van der Waals surface area contributed by atoms with Crippen LogP contribution in [0.25, 0.3) is 0 Å². The number of ether oxygens (including phenoxy) is 1. The van der Waals surface area contributed by atoms with E-state index in [-0.39, 0.29) is 17.4 Å². The van der Waals surface area contributed by atoms with Gasteiger partial charge in [0.05, 0.1) is 12.5 Å². The zero-order valence-electron chi connectivity index (χ0n) is 14.1. The van der Waals surface area contributed by atoms with Gasteiger partial charge in [-0.2, -0.15) is 0 Å². The highest BCUT2D eigenvalue weighted by Crippen LogP contribution is 2.49. The van der Waals surface area contributed by atoms with E-state index in [0.29, 0.717) is 0 Å². The van der Waals surface area contributed by atoms with E-state index in [9.17, 15) is 4.79 Å². The summed E-state index contributed by atoms with van der Waals surface area (Å²) in [5.41, 5.74) is 2.81. The molecule has 2 rings (SSSR count). The van der Waals surface area contributed by atoms with Gasteiger partial charge in [0, 0.05) is 18.8 Å². The number of nitrogens with one attached hydrogen (secondary N) is 2. The Hall–Kier alpha value is -1.97. The SMILES string of the molecule is CN/C(C)=C/C(C)NC(=O)C1(c2ccc(C)c(OC)c2)CC1. The van der Waals surface area contributed by atoms with E-state index in [1.807, 2.05) is 52.1 Å². The fraction of sp³-hybridized carbons (Fsp3) is 0.500. The van der Waals surface area contributed by atoms with Crippen LogP contribution in [0.2, 0.25) is 0 Å². The molecule has 1 aliphatic carbocycles. The van der Waals surface area contributed by atoms with E-state index in [4.69, 9.17) is 4.74 Å². The molecule has 0 saturated heterocycles. The van der Waals surface area contributed by atoms with Gasteiger partial charge in [0.2, 0.25) is 5.91 Å². The van der Waals surface area contributed by atoms with E-state index in [2.05, 4.69) is 10.6 Å². The van der Waals surface area contributed by atoms with E-state index in [0.717, 1.165) is 35.4 Å². The van der Waals surface area contributed by atoms with Crippen LogP contribution in [0.4, 0.5) is 0 Å². The maximum absolute atomic E-state index is 12.7. The second-order valence-electron chi connectivity index (χ2n) is 6.13. The lowest BCUT2D eigenvalue weighted by atomic mass is 9.93. The summed E-state index contributed by atoms with van der Waals surface area (Å²) in [7, 11) is 3.54. The number of carbonyl (C=O) groups is 1. The lowest BCUT2D eigenvalue weighted by Crippen LogP contribution is -2.39. The highest BCUT2D eigenvalue weighted by Gasteiger charge is 2.51. The molecule has 22 heavy (non-hydrogen) atoms. The second kappa shape index (κ2) is 6.42. The molecule has 4 nitrogen and oxygen atoms in total. The number of methoxy groups -OCH3 is 1. The number of carbonyl (C=O) groups excluding carboxylic acids is 1. The molecular formula is C18H26N2O2. The molecule has 1 fully saturated rings. The fourth-order valence-electron chi connectivity index (χ4n) is 2.73. The molecule has 4 heteroatoms. The summed E-state index contributed by atoms with van der Waals surface area (Å²) in [6, 6.07) is 6.07. The van der Waals surface area contributed by atoms with Gasteiger partial charge >= 0.3 is 0 Å².